The molecule has 1 saturated heterocycles. The minimum Gasteiger partial charge on any atom is -0.335 e. The van der Waals surface area contributed by atoms with Crippen molar-refractivity contribution in [1.82, 2.24) is 9.62 Å². The van der Waals surface area contributed by atoms with Gasteiger partial charge >= 0.3 is 0 Å². The molecule has 1 amide bonds. The molecule has 2 aromatic carbocycles. The third-order valence-electron chi connectivity index (χ3n) is 7.56. The molecule has 3 aliphatic rings. The highest BCUT2D eigenvalue weighted by Gasteiger charge is 2.51. The van der Waals surface area contributed by atoms with Crippen LogP contribution in [-0.2, 0) is 15.6 Å². The summed E-state index contributed by atoms with van der Waals surface area (Å²) in [5, 5.41) is 0.495. The smallest absolute Gasteiger partial charge is 0.254 e. The number of benzene rings is 2. The van der Waals surface area contributed by atoms with Crippen molar-refractivity contribution in [3.8, 4) is 0 Å². The summed E-state index contributed by atoms with van der Waals surface area (Å²) in [7, 11) is -3.67. The number of likely N-dealkylation sites (tertiary alicyclic amines) is 1. The first-order valence-electron chi connectivity index (χ1n) is 11.6. The van der Waals surface area contributed by atoms with Crippen molar-refractivity contribution in [2.75, 3.05) is 6.54 Å². The largest absolute Gasteiger partial charge is 0.335 e. The van der Waals surface area contributed by atoms with E-state index in [2.05, 4.69) is 30.4 Å². The molecule has 2 unspecified atom stereocenters. The Labute approximate surface area is 201 Å². The molecule has 0 radical (unpaired) electrons. The molecule has 0 spiro atoms. The second kappa shape index (κ2) is 7.56. The van der Waals surface area contributed by atoms with Gasteiger partial charge in [-0.1, -0.05) is 44.5 Å². The molecule has 2 saturated carbocycles. The zero-order chi connectivity index (χ0) is 23.6. The summed E-state index contributed by atoms with van der Waals surface area (Å²) in [6.45, 7) is 7.73. The number of nitrogens with one attached hydrogen (secondary N) is 1. The van der Waals surface area contributed by atoms with Crippen molar-refractivity contribution in [1.29, 1.82) is 0 Å². The quantitative estimate of drug-likeness (QED) is 0.619. The van der Waals surface area contributed by atoms with Gasteiger partial charge in [-0.3, -0.25) is 4.79 Å². The molecule has 0 aromatic heterocycles. The summed E-state index contributed by atoms with van der Waals surface area (Å²) in [6.07, 6.45) is 4.73. The SMILES string of the molecule is CC1(C)CC2CC(C)(CN2C(=O)c2ccc(C3(NS(=O)(=O)c4ccc(Cl)cc4)CC3)cc2)C1. The van der Waals surface area contributed by atoms with E-state index in [1.54, 1.807) is 12.1 Å². The van der Waals surface area contributed by atoms with Crippen LogP contribution in [0.25, 0.3) is 0 Å². The molecule has 33 heavy (non-hydrogen) atoms. The lowest BCUT2D eigenvalue weighted by Crippen LogP contribution is -2.38. The maximum atomic E-state index is 13.4. The molecule has 1 aliphatic heterocycles. The van der Waals surface area contributed by atoms with Gasteiger partial charge in [0.2, 0.25) is 10.0 Å². The monoisotopic (exact) mass is 486 g/mol. The summed E-state index contributed by atoms with van der Waals surface area (Å²) >= 11 is 5.90. The maximum absolute atomic E-state index is 13.4. The van der Waals surface area contributed by atoms with Crippen LogP contribution >= 0.6 is 11.6 Å². The number of sulfonamides is 1. The fourth-order valence-electron chi connectivity index (χ4n) is 6.30. The van der Waals surface area contributed by atoms with Crippen LogP contribution in [-0.4, -0.2) is 31.8 Å². The van der Waals surface area contributed by atoms with E-state index in [0.29, 0.717) is 16.6 Å². The molecular formula is C26H31ClN2O3S. The van der Waals surface area contributed by atoms with Gasteiger partial charge in [0.1, 0.15) is 0 Å². The summed E-state index contributed by atoms with van der Waals surface area (Å²) in [5.41, 5.74) is 1.41. The van der Waals surface area contributed by atoms with Crippen LogP contribution in [0.3, 0.4) is 0 Å². The van der Waals surface area contributed by atoms with Crippen LogP contribution < -0.4 is 4.72 Å². The lowest BCUT2D eigenvalue weighted by Gasteiger charge is -2.39. The van der Waals surface area contributed by atoms with Crippen molar-refractivity contribution in [2.24, 2.45) is 10.8 Å². The topological polar surface area (TPSA) is 66.5 Å². The van der Waals surface area contributed by atoms with Crippen molar-refractivity contribution < 1.29 is 13.2 Å². The van der Waals surface area contributed by atoms with Gasteiger partial charge in [0.05, 0.1) is 10.4 Å². The number of fused-ring (bicyclic) bond motifs is 2. The number of carbonyl (C=O) groups excluding carboxylic acids is 1. The Balaban J connectivity index is 1.33. The highest BCUT2D eigenvalue weighted by molar-refractivity contribution is 7.89. The standard InChI is InChI=1S/C26H31ClN2O3S/c1-24(2)14-21-15-25(3,16-24)17-29(21)23(30)18-4-6-19(7-5-18)26(12-13-26)28-33(31,32)22-10-8-20(27)9-11-22/h4-11,21,28H,12-17H2,1-3H3. The molecule has 2 aromatic rings. The third kappa shape index (κ3) is 4.33. The lowest BCUT2D eigenvalue weighted by atomic mass is 9.65. The van der Waals surface area contributed by atoms with E-state index in [4.69, 9.17) is 11.6 Å². The van der Waals surface area contributed by atoms with Crippen LogP contribution in [0.4, 0.5) is 0 Å². The Bertz CT molecular complexity index is 1190. The molecule has 5 rings (SSSR count). The predicted molar refractivity (Wildman–Crippen MR) is 130 cm³/mol. The zero-order valence-electron chi connectivity index (χ0n) is 19.4. The van der Waals surface area contributed by atoms with E-state index in [-0.39, 0.29) is 21.6 Å². The number of amides is 1. The van der Waals surface area contributed by atoms with Gasteiger partial charge in [-0.2, -0.15) is 0 Å². The van der Waals surface area contributed by atoms with E-state index < -0.39 is 15.6 Å². The minimum atomic E-state index is -3.67. The first-order valence-corrected chi connectivity index (χ1v) is 13.5. The molecule has 2 aliphatic carbocycles. The number of rotatable bonds is 5. The molecule has 3 fully saturated rings. The fourth-order valence-corrected chi connectivity index (χ4v) is 7.87. The minimum absolute atomic E-state index is 0.0829. The van der Waals surface area contributed by atoms with Gasteiger partial charge in [-0.15, -0.1) is 0 Å². The van der Waals surface area contributed by atoms with E-state index in [1.807, 2.05) is 24.3 Å². The Morgan fingerprint density at radius 1 is 1.00 bits per heavy atom. The summed E-state index contributed by atoms with van der Waals surface area (Å²) in [6, 6.07) is 14.0. The molecule has 2 bridgehead atoms. The van der Waals surface area contributed by atoms with Crippen molar-refractivity contribution in [2.45, 2.75) is 69.4 Å². The molecule has 2 atom stereocenters. The van der Waals surface area contributed by atoms with Crippen molar-refractivity contribution in [3.63, 3.8) is 0 Å². The zero-order valence-corrected chi connectivity index (χ0v) is 21.0. The molecule has 1 N–H and O–H groups in total. The van der Waals surface area contributed by atoms with Crippen LogP contribution in [0.1, 0.15) is 68.8 Å². The molecule has 1 heterocycles. The molecular weight excluding hydrogens is 456 g/mol. The maximum Gasteiger partial charge on any atom is 0.254 e. The van der Waals surface area contributed by atoms with Gasteiger partial charge in [0.15, 0.2) is 0 Å². The number of hydrogen-bond donors (Lipinski definition) is 1. The van der Waals surface area contributed by atoms with E-state index in [9.17, 15) is 13.2 Å². The summed E-state index contributed by atoms with van der Waals surface area (Å²) in [4.78, 5) is 15.6. The molecule has 5 nitrogen and oxygen atoms in total. The second-order valence-electron chi connectivity index (χ2n) is 11.4. The number of carbonyl (C=O) groups is 1. The second-order valence-corrected chi connectivity index (χ2v) is 13.5. The average Bonchev–Trinajstić information content (AvgIpc) is 3.45. The van der Waals surface area contributed by atoms with Gasteiger partial charge < -0.3 is 4.90 Å². The summed E-state index contributed by atoms with van der Waals surface area (Å²) in [5.74, 6) is 0.0829. The van der Waals surface area contributed by atoms with Crippen LogP contribution in [0.15, 0.2) is 53.4 Å². The summed E-state index contributed by atoms with van der Waals surface area (Å²) < 4.78 is 28.7. The highest BCUT2D eigenvalue weighted by Crippen LogP contribution is 2.53. The lowest BCUT2D eigenvalue weighted by molar-refractivity contribution is 0.0708. The Hall–Kier alpha value is -1.89. The average molecular weight is 487 g/mol. The molecule has 176 valence electrons. The Kier molecular flexibility index (Phi) is 5.24. The van der Waals surface area contributed by atoms with Crippen molar-refractivity contribution in [3.05, 3.63) is 64.7 Å². The highest BCUT2D eigenvalue weighted by atomic mass is 35.5. The van der Waals surface area contributed by atoms with E-state index >= 15 is 0 Å². The van der Waals surface area contributed by atoms with Gasteiger partial charge in [-0.25, -0.2) is 13.1 Å². The normalized spacial score (nSPS) is 27.4. The number of halogens is 1. The Morgan fingerprint density at radius 2 is 1.64 bits per heavy atom. The van der Waals surface area contributed by atoms with Gasteiger partial charge in [-0.05, 0) is 84.9 Å². The first kappa shape index (κ1) is 22.9. The molecule has 7 heteroatoms. The Morgan fingerprint density at radius 3 is 2.24 bits per heavy atom. The third-order valence-corrected chi connectivity index (χ3v) is 9.37. The number of hydrogen-bond acceptors (Lipinski definition) is 3. The first-order chi connectivity index (χ1) is 15.4. The fraction of sp³-hybridized carbons (Fsp3) is 0.500. The van der Waals surface area contributed by atoms with E-state index in [0.717, 1.165) is 44.2 Å². The number of nitrogens with zero attached hydrogens (tertiary/aromatic N) is 1. The van der Waals surface area contributed by atoms with Crippen molar-refractivity contribution >= 4 is 27.5 Å². The van der Waals surface area contributed by atoms with Crippen LogP contribution in [0.5, 0.6) is 0 Å². The van der Waals surface area contributed by atoms with Gasteiger partial charge in [0.25, 0.3) is 5.91 Å². The predicted octanol–water partition coefficient (Wildman–Crippen LogP) is 5.35. The van der Waals surface area contributed by atoms with Gasteiger partial charge in [0, 0.05) is 23.2 Å². The van der Waals surface area contributed by atoms with Crippen LogP contribution in [0.2, 0.25) is 5.02 Å². The van der Waals surface area contributed by atoms with Crippen LogP contribution in [0, 0.1) is 10.8 Å². The van der Waals surface area contributed by atoms with E-state index in [1.165, 1.54) is 12.1 Å².